The lowest BCUT2D eigenvalue weighted by atomic mass is 10.2. The van der Waals surface area contributed by atoms with E-state index in [2.05, 4.69) is 25.7 Å². The Morgan fingerprint density at radius 3 is 2.60 bits per heavy atom. The van der Waals surface area contributed by atoms with Crippen molar-refractivity contribution in [3.63, 3.8) is 0 Å². The lowest BCUT2D eigenvalue weighted by Crippen LogP contribution is -2.16. The summed E-state index contributed by atoms with van der Waals surface area (Å²) in [5.41, 5.74) is 0.996. The van der Waals surface area contributed by atoms with Crippen LogP contribution in [0.25, 0.3) is 0 Å². The molecule has 0 saturated carbocycles. The van der Waals surface area contributed by atoms with Gasteiger partial charge < -0.3 is 5.32 Å². The average Bonchev–Trinajstić information content (AvgIpc) is 1.85. The fourth-order valence-electron chi connectivity index (χ4n) is 0.595. The monoisotopic (exact) mass is 139 g/mol. The second-order valence-electron chi connectivity index (χ2n) is 2.80. The van der Waals surface area contributed by atoms with E-state index in [-0.39, 0.29) is 0 Å². The van der Waals surface area contributed by atoms with Crippen molar-refractivity contribution in [3.8, 4) is 0 Å². The number of rotatable bonds is 4. The van der Waals surface area contributed by atoms with Crippen LogP contribution in [-0.4, -0.2) is 6.54 Å². The Balaban J connectivity index is 3.40. The lowest BCUT2D eigenvalue weighted by molar-refractivity contribution is 0.602. The minimum atomic E-state index is 0.682. The van der Waals surface area contributed by atoms with Crippen LogP contribution in [0.2, 0.25) is 0 Å². The molecule has 0 rings (SSSR count). The van der Waals surface area contributed by atoms with Crippen LogP contribution in [0.1, 0.15) is 20.8 Å². The molecule has 0 atom stereocenters. The maximum absolute atomic E-state index is 3.82. The molecule has 10 heavy (non-hydrogen) atoms. The average molecular weight is 139 g/mol. The van der Waals surface area contributed by atoms with E-state index in [1.54, 1.807) is 0 Å². The van der Waals surface area contributed by atoms with Gasteiger partial charge in [-0.2, -0.15) is 0 Å². The number of hydrogen-bond donors (Lipinski definition) is 1. The predicted molar refractivity (Wildman–Crippen MR) is 46.8 cm³/mol. The molecule has 1 nitrogen and oxygen atoms in total. The molecule has 0 radical (unpaired) electrons. The molecule has 0 heterocycles. The van der Waals surface area contributed by atoms with E-state index >= 15 is 0 Å². The highest BCUT2D eigenvalue weighted by molar-refractivity contribution is 5.10. The Morgan fingerprint density at radius 1 is 1.60 bits per heavy atom. The Hall–Kier alpha value is -0.720. The molecule has 0 saturated heterocycles. The van der Waals surface area contributed by atoms with Crippen LogP contribution in [-0.2, 0) is 0 Å². The highest BCUT2D eigenvalue weighted by Gasteiger charge is 1.90. The van der Waals surface area contributed by atoms with Crippen molar-refractivity contribution in [1.82, 2.24) is 5.32 Å². The third-order valence-corrected chi connectivity index (χ3v) is 1.11. The molecule has 0 bridgehead atoms. The van der Waals surface area contributed by atoms with Gasteiger partial charge in [-0.15, -0.1) is 0 Å². The zero-order chi connectivity index (χ0) is 7.98. The van der Waals surface area contributed by atoms with E-state index in [1.807, 2.05) is 19.1 Å². The summed E-state index contributed by atoms with van der Waals surface area (Å²) in [6.07, 6.45) is 3.96. The summed E-state index contributed by atoms with van der Waals surface area (Å²) in [5.74, 6) is 0.682. The normalized spacial score (nSPS) is 10.8. The summed E-state index contributed by atoms with van der Waals surface area (Å²) < 4.78 is 0. The second kappa shape index (κ2) is 5.10. The first-order valence-electron chi connectivity index (χ1n) is 3.72. The number of hydrogen-bond acceptors (Lipinski definition) is 1. The molecule has 0 aliphatic heterocycles. The fourth-order valence-corrected chi connectivity index (χ4v) is 0.595. The smallest absolute Gasteiger partial charge is 0.0263 e. The number of allylic oxidation sites excluding steroid dienone is 2. The summed E-state index contributed by atoms with van der Waals surface area (Å²) in [5, 5.41) is 3.20. The largest absolute Gasteiger partial charge is 0.385 e. The molecule has 0 aromatic rings. The van der Waals surface area contributed by atoms with Crippen molar-refractivity contribution >= 4 is 0 Å². The van der Waals surface area contributed by atoms with Gasteiger partial charge in [0.05, 0.1) is 0 Å². The first kappa shape index (κ1) is 9.28. The Labute approximate surface area is 63.8 Å². The van der Waals surface area contributed by atoms with Crippen molar-refractivity contribution in [2.45, 2.75) is 20.8 Å². The minimum absolute atomic E-state index is 0.682. The van der Waals surface area contributed by atoms with Crippen molar-refractivity contribution in [2.24, 2.45) is 5.92 Å². The third-order valence-electron chi connectivity index (χ3n) is 1.11. The Kier molecular flexibility index (Phi) is 4.73. The molecule has 0 amide bonds. The SMILES string of the molecule is C=C(/C=C\C)NCC(C)C. The van der Waals surface area contributed by atoms with E-state index in [4.69, 9.17) is 0 Å². The summed E-state index contributed by atoms with van der Waals surface area (Å²) in [4.78, 5) is 0. The Morgan fingerprint density at radius 2 is 2.20 bits per heavy atom. The molecule has 0 spiro atoms. The quantitative estimate of drug-likeness (QED) is 0.589. The lowest BCUT2D eigenvalue weighted by Gasteiger charge is -2.07. The standard InChI is InChI=1S/C9H17N/c1-5-6-9(4)10-7-8(2)3/h5-6,8,10H,4,7H2,1-3H3/b6-5-. The van der Waals surface area contributed by atoms with Crippen LogP contribution in [0.4, 0.5) is 0 Å². The van der Waals surface area contributed by atoms with Gasteiger partial charge >= 0.3 is 0 Å². The first-order chi connectivity index (χ1) is 4.66. The van der Waals surface area contributed by atoms with Gasteiger partial charge in [0.25, 0.3) is 0 Å². The Bertz CT molecular complexity index is 123. The van der Waals surface area contributed by atoms with Gasteiger partial charge in [-0.05, 0) is 18.9 Å². The summed E-state index contributed by atoms with van der Waals surface area (Å²) in [7, 11) is 0. The van der Waals surface area contributed by atoms with Crippen LogP contribution < -0.4 is 5.32 Å². The summed E-state index contributed by atoms with van der Waals surface area (Å²) in [6.45, 7) is 11.2. The van der Waals surface area contributed by atoms with E-state index in [0.717, 1.165) is 12.2 Å². The van der Waals surface area contributed by atoms with E-state index in [0.29, 0.717) is 5.92 Å². The van der Waals surface area contributed by atoms with Gasteiger partial charge in [-0.25, -0.2) is 0 Å². The van der Waals surface area contributed by atoms with Crippen LogP contribution >= 0.6 is 0 Å². The first-order valence-corrected chi connectivity index (χ1v) is 3.72. The van der Waals surface area contributed by atoms with Crippen molar-refractivity contribution in [1.29, 1.82) is 0 Å². The predicted octanol–water partition coefficient (Wildman–Crippen LogP) is 2.32. The topological polar surface area (TPSA) is 12.0 Å². The van der Waals surface area contributed by atoms with Gasteiger partial charge in [0, 0.05) is 12.2 Å². The maximum atomic E-state index is 3.82. The molecule has 0 unspecified atom stereocenters. The van der Waals surface area contributed by atoms with Crippen molar-refractivity contribution in [2.75, 3.05) is 6.54 Å². The zero-order valence-corrected chi connectivity index (χ0v) is 7.15. The molecular weight excluding hydrogens is 122 g/mol. The number of nitrogens with one attached hydrogen (secondary N) is 1. The van der Waals surface area contributed by atoms with Crippen molar-refractivity contribution < 1.29 is 0 Å². The van der Waals surface area contributed by atoms with Crippen LogP contribution in [0.3, 0.4) is 0 Å². The molecule has 0 aliphatic rings. The minimum Gasteiger partial charge on any atom is -0.385 e. The molecule has 0 aromatic heterocycles. The zero-order valence-electron chi connectivity index (χ0n) is 7.15. The molecule has 58 valence electrons. The summed E-state index contributed by atoms with van der Waals surface area (Å²) in [6, 6.07) is 0. The summed E-state index contributed by atoms with van der Waals surface area (Å²) >= 11 is 0. The van der Waals surface area contributed by atoms with Gasteiger partial charge in [0.2, 0.25) is 0 Å². The van der Waals surface area contributed by atoms with Crippen LogP contribution in [0.15, 0.2) is 24.4 Å². The molecule has 0 aromatic carbocycles. The molecular formula is C9H17N. The fraction of sp³-hybridized carbons (Fsp3) is 0.556. The molecule has 1 heteroatoms. The van der Waals surface area contributed by atoms with Gasteiger partial charge in [-0.3, -0.25) is 0 Å². The van der Waals surface area contributed by atoms with Gasteiger partial charge in [0.15, 0.2) is 0 Å². The van der Waals surface area contributed by atoms with Gasteiger partial charge in [0.1, 0.15) is 0 Å². The van der Waals surface area contributed by atoms with E-state index < -0.39 is 0 Å². The van der Waals surface area contributed by atoms with Crippen molar-refractivity contribution in [3.05, 3.63) is 24.4 Å². The highest BCUT2D eigenvalue weighted by atomic mass is 14.9. The molecule has 0 fully saturated rings. The van der Waals surface area contributed by atoms with Gasteiger partial charge in [-0.1, -0.05) is 26.5 Å². The molecule has 1 N–H and O–H groups in total. The molecule has 0 aliphatic carbocycles. The second-order valence-corrected chi connectivity index (χ2v) is 2.80. The highest BCUT2D eigenvalue weighted by Crippen LogP contribution is 1.91. The van der Waals surface area contributed by atoms with E-state index in [1.165, 1.54) is 0 Å². The van der Waals surface area contributed by atoms with Crippen LogP contribution in [0.5, 0.6) is 0 Å². The third kappa shape index (κ3) is 5.42. The maximum Gasteiger partial charge on any atom is 0.0263 e. The van der Waals surface area contributed by atoms with E-state index in [9.17, 15) is 0 Å². The van der Waals surface area contributed by atoms with Crippen LogP contribution in [0, 0.1) is 5.92 Å².